The Labute approximate surface area is 144 Å². The Morgan fingerprint density at radius 1 is 1.29 bits per heavy atom. The van der Waals surface area contributed by atoms with E-state index in [9.17, 15) is 9.59 Å². The number of hydrogen-bond acceptors (Lipinski definition) is 4. The predicted molar refractivity (Wildman–Crippen MR) is 90.0 cm³/mol. The number of halogens is 1. The molecule has 0 atom stereocenters. The molecule has 6 nitrogen and oxygen atoms in total. The lowest BCUT2D eigenvalue weighted by atomic mass is 9.89. The van der Waals surface area contributed by atoms with Gasteiger partial charge in [-0.1, -0.05) is 42.7 Å². The van der Waals surface area contributed by atoms with Crippen LogP contribution in [0.15, 0.2) is 34.9 Å². The number of aliphatic carboxylic acids is 1. The first kappa shape index (κ1) is 18.0. The van der Waals surface area contributed by atoms with Crippen molar-refractivity contribution < 1.29 is 19.2 Å². The van der Waals surface area contributed by atoms with Gasteiger partial charge in [0, 0.05) is 11.6 Å². The highest BCUT2D eigenvalue weighted by molar-refractivity contribution is 6.33. The second kappa shape index (κ2) is 7.49. The zero-order valence-corrected chi connectivity index (χ0v) is 14.3. The van der Waals surface area contributed by atoms with E-state index in [1.165, 1.54) is 6.07 Å². The smallest absolute Gasteiger partial charge is 0.305 e. The van der Waals surface area contributed by atoms with E-state index in [1.807, 2.05) is 13.8 Å². The monoisotopic (exact) mass is 350 g/mol. The van der Waals surface area contributed by atoms with Gasteiger partial charge in [-0.25, -0.2) is 0 Å². The molecule has 128 valence electrons. The van der Waals surface area contributed by atoms with Crippen LogP contribution in [0.4, 0.5) is 0 Å². The molecule has 2 rings (SSSR count). The van der Waals surface area contributed by atoms with E-state index >= 15 is 0 Å². The van der Waals surface area contributed by atoms with Crippen molar-refractivity contribution in [2.24, 2.45) is 0 Å². The summed E-state index contributed by atoms with van der Waals surface area (Å²) in [5, 5.41) is 16.1. The molecule has 1 aromatic carbocycles. The number of amides is 1. The molecule has 2 aromatic rings. The van der Waals surface area contributed by atoms with E-state index in [0.29, 0.717) is 29.2 Å². The number of carboxylic acids is 1. The van der Waals surface area contributed by atoms with Crippen molar-refractivity contribution >= 4 is 23.5 Å². The van der Waals surface area contributed by atoms with Crippen LogP contribution in [-0.4, -0.2) is 27.7 Å². The Morgan fingerprint density at radius 2 is 1.96 bits per heavy atom. The lowest BCUT2D eigenvalue weighted by molar-refractivity contribution is -0.138. The van der Waals surface area contributed by atoms with Crippen LogP contribution < -0.4 is 5.32 Å². The van der Waals surface area contributed by atoms with Gasteiger partial charge in [-0.2, -0.15) is 0 Å². The van der Waals surface area contributed by atoms with Gasteiger partial charge in [-0.3, -0.25) is 9.59 Å². The van der Waals surface area contributed by atoms with Gasteiger partial charge in [-0.05, 0) is 25.0 Å². The van der Waals surface area contributed by atoms with Crippen molar-refractivity contribution in [3.8, 4) is 11.3 Å². The summed E-state index contributed by atoms with van der Waals surface area (Å²) in [6.45, 7) is 3.68. The molecule has 0 unspecified atom stereocenters. The molecule has 0 fully saturated rings. The van der Waals surface area contributed by atoms with Gasteiger partial charge in [0.05, 0.1) is 17.0 Å². The van der Waals surface area contributed by atoms with Crippen molar-refractivity contribution in [2.75, 3.05) is 0 Å². The second-order valence-corrected chi connectivity index (χ2v) is 5.98. The molecule has 0 saturated carbocycles. The van der Waals surface area contributed by atoms with E-state index in [0.717, 1.165) is 0 Å². The minimum atomic E-state index is -0.962. The zero-order valence-electron chi connectivity index (χ0n) is 13.5. The molecule has 0 aliphatic heterocycles. The van der Waals surface area contributed by atoms with Crippen LogP contribution >= 0.6 is 11.6 Å². The molecule has 0 aliphatic rings. The molecule has 0 saturated heterocycles. The standard InChI is InChI=1S/C17H19ClN2O4/c1-3-17(4-2,10-15(21)22)19-16(23)13-9-14(24-20-13)11-7-5-6-8-12(11)18/h5-9H,3-4,10H2,1-2H3,(H,19,23)(H,21,22). The number of rotatable bonds is 7. The molecule has 1 amide bonds. The summed E-state index contributed by atoms with van der Waals surface area (Å²) in [4.78, 5) is 23.5. The maximum absolute atomic E-state index is 12.4. The van der Waals surface area contributed by atoms with Crippen LogP contribution in [0.5, 0.6) is 0 Å². The molecule has 1 heterocycles. The Kier molecular flexibility index (Phi) is 5.62. The Hall–Kier alpha value is -2.34. The molecule has 1 aromatic heterocycles. The molecular formula is C17H19ClN2O4. The predicted octanol–water partition coefficient (Wildman–Crippen LogP) is 3.76. The van der Waals surface area contributed by atoms with E-state index < -0.39 is 17.4 Å². The SMILES string of the molecule is CCC(CC)(CC(=O)O)NC(=O)c1cc(-c2ccccc2Cl)on1. The maximum Gasteiger partial charge on any atom is 0.305 e. The lowest BCUT2D eigenvalue weighted by Crippen LogP contribution is -2.49. The summed E-state index contributed by atoms with van der Waals surface area (Å²) in [6, 6.07) is 8.56. The Bertz CT molecular complexity index is 738. The van der Waals surface area contributed by atoms with Crippen LogP contribution in [0.1, 0.15) is 43.6 Å². The maximum atomic E-state index is 12.4. The molecule has 0 aliphatic carbocycles. The fraction of sp³-hybridized carbons (Fsp3) is 0.353. The highest BCUT2D eigenvalue weighted by Crippen LogP contribution is 2.28. The molecule has 0 spiro atoms. The van der Waals surface area contributed by atoms with Crippen LogP contribution in [0.2, 0.25) is 5.02 Å². The van der Waals surface area contributed by atoms with Gasteiger partial charge < -0.3 is 14.9 Å². The number of aromatic nitrogens is 1. The number of benzene rings is 1. The summed E-state index contributed by atoms with van der Waals surface area (Å²) in [5.74, 6) is -1.06. The highest BCUT2D eigenvalue weighted by atomic mass is 35.5. The third-order valence-corrected chi connectivity index (χ3v) is 4.43. The van der Waals surface area contributed by atoms with Crippen LogP contribution in [-0.2, 0) is 4.79 Å². The first-order valence-corrected chi connectivity index (χ1v) is 8.04. The first-order chi connectivity index (χ1) is 11.4. The summed E-state index contributed by atoms with van der Waals surface area (Å²) >= 11 is 6.10. The lowest BCUT2D eigenvalue weighted by Gasteiger charge is -2.30. The average molecular weight is 351 g/mol. The summed E-state index contributed by atoms with van der Waals surface area (Å²) in [5.41, 5.74) is -0.0954. The van der Waals surface area contributed by atoms with Crippen LogP contribution in [0, 0.1) is 0 Å². The quantitative estimate of drug-likeness (QED) is 0.793. The van der Waals surface area contributed by atoms with E-state index in [1.54, 1.807) is 24.3 Å². The summed E-state index contributed by atoms with van der Waals surface area (Å²) in [7, 11) is 0. The third-order valence-electron chi connectivity index (χ3n) is 4.10. The van der Waals surface area contributed by atoms with Crippen molar-refractivity contribution in [3.63, 3.8) is 0 Å². The van der Waals surface area contributed by atoms with Gasteiger partial charge in [-0.15, -0.1) is 0 Å². The molecule has 7 heteroatoms. The molecule has 24 heavy (non-hydrogen) atoms. The Balaban J connectivity index is 2.22. The molecule has 2 N–H and O–H groups in total. The van der Waals surface area contributed by atoms with E-state index in [4.69, 9.17) is 21.2 Å². The highest BCUT2D eigenvalue weighted by Gasteiger charge is 2.32. The number of hydrogen-bond donors (Lipinski definition) is 2. The summed E-state index contributed by atoms with van der Waals surface area (Å²) < 4.78 is 5.20. The normalized spacial score (nSPS) is 11.3. The minimum Gasteiger partial charge on any atom is -0.481 e. The van der Waals surface area contributed by atoms with Gasteiger partial charge in [0.25, 0.3) is 5.91 Å². The third kappa shape index (κ3) is 3.94. The largest absolute Gasteiger partial charge is 0.481 e. The van der Waals surface area contributed by atoms with Gasteiger partial charge in [0.15, 0.2) is 11.5 Å². The van der Waals surface area contributed by atoms with Crippen molar-refractivity contribution in [1.82, 2.24) is 10.5 Å². The molecule has 0 bridgehead atoms. The van der Waals surface area contributed by atoms with Crippen LogP contribution in [0.25, 0.3) is 11.3 Å². The van der Waals surface area contributed by atoms with E-state index in [2.05, 4.69) is 10.5 Å². The molecule has 0 radical (unpaired) electrons. The number of carbonyl (C=O) groups excluding carboxylic acids is 1. The van der Waals surface area contributed by atoms with Gasteiger partial charge in [0.1, 0.15) is 0 Å². The van der Waals surface area contributed by atoms with Crippen LogP contribution in [0.3, 0.4) is 0 Å². The van der Waals surface area contributed by atoms with E-state index in [-0.39, 0.29) is 12.1 Å². The zero-order chi connectivity index (χ0) is 17.7. The number of carboxylic acid groups (broad SMARTS) is 1. The van der Waals surface area contributed by atoms with Crippen molar-refractivity contribution in [1.29, 1.82) is 0 Å². The summed E-state index contributed by atoms with van der Waals surface area (Å²) in [6.07, 6.45) is 0.842. The van der Waals surface area contributed by atoms with Gasteiger partial charge in [0.2, 0.25) is 0 Å². The molecular weight excluding hydrogens is 332 g/mol. The number of carbonyl (C=O) groups is 2. The number of nitrogens with one attached hydrogen (secondary N) is 1. The minimum absolute atomic E-state index is 0.0848. The van der Waals surface area contributed by atoms with Crippen molar-refractivity contribution in [2.45, 2.75) is 38.6 Å². The fourth-order valence-corrected chi connectivity index (χ4v) is 2.71. The first-order valence-electron chi connectivity index (χ1n) is 7.66. The Morgan fingerprint density at radius 3 is 2.54 bits per heavy atom. The average Bonchev–Trinajstić information content (AvgIpc) is 3.04. The fourth-order valence-electron chi connectivity index (χ4n) is 2.49. The van der Waals surface area contributed by atoms with Gasteiger partial charge >= 0.3 is 5.97 Å². The number of nitrogens with zero attached hydrogens (tertiary/aromatic N) is 1. The van der Waals surface area contributed by atoms with Crippen molar-refractivity contribution in [3.05, 3.63) is 41.0 Å². The second-order valence-electron chi connectivity index (χ2n) is 5.57. The topological polar surface area (TPSA) is 92.4 Å².